The van der Waals surface area contributed by atoms with Gasteiger partial charge in [0.15, 0.2) is 0 Å². The minimum absolute atomic E-state index is 0.156. The maximum atomic E-state index is 13.8. The minimum atomic E-state index is -0.813. The van der Waals surface area contributed by atoms with Crippen molar-refractivity contribution in [3.05, 3.63) is 113 Å². The smallest absolute Gasteiger partial charge is 0.256 e. The van der Waals surface area contributed by atoms with Gasteiger partial charge in [-0.25, -0.2) is 4.98 Å². The van der Waals surface area contributed by atoms with E-state index in [1.54, 1.807) is 65.8 Å². The van der Waals surface area contributed by atoms with E-state index in [0.717, 1.165) is 37.4 Å². The summed E-state index contributed by atoms with van der Waals surface area (Å²) < 4.78 is 0. The molecular formula is C33H32ClN7O3. The quantitative estimate of drug-likeness (QED) is 0.321. The average molecular weight is 610 g/mol. The van der Waals surface area contributed by atoms with Crippen LogP contribution in [0.15, 0.2) is 85.2 Å². The second-order valence-corrected chi connectivity index (χ2v) is 11.4. The Labute approximate surface area is 260 Å². The van der Waals surface area contributed by atoms with E-state index in [1.165, 1.54) is 0 Å². The largest absolute Gasteiger partial charge is 0.368 e. The highest BCUT2D eigenvalue weighted by Crippen LogP contribution is 2.29. The van der Waals surface area contributed by atoms with Gasteiger partial charge in [0.1, 0.15) is 11.9 Å². The Bertz CT molecular complexity index is 1660. The first-order valence-electron chi connectivity index (χ1n) is 14.5. The van der Waals surface area contributed by atoms with Crippen LogP contribution in [-0.2, 0) is 17.8 Å². The van der Waals surface area contributed by atoms with Crippen LogP contribution >= 0.6 is 11.6 Å². The third kappa shape index (κ3) is 6.56. The normalized spacial score (nSPS) is 17.1. The Kier molecular flexibility index (Phi) is 8.53. The molecule has 44 heavy (non-hydrogen) atoms. The zero-order chi connectivity index (χ0) is 30.6. The third-order valence-corrected chi connectivity index (χ3v) is 8.20. The van der Waals surface area contributed by atoms with Crippen molar-refractivity contribution in [3.63, 3.8) is 0 Å². The summed E-state index contributed by atoms with van der Waals surface area (Å²) >= 11 is 6.17. The van der Waals surface area contributed by atoms with E-state index in [9.17, 15) is 14.4 Å². The van der Waals surface area contributed by atoms with Crippen LogP contribution in [0, 0.1) is 0 Å². The minimum Gasteiger partial charge on any atom is -0.368 e. The molecule has 0 spiro atoms. The molecular weight excluding hydrogens is 578 g/mol. The average Bonchev–Trinajstić information content (AvgIpc) is 3.12. The van der Waals surface area contributed by atoms with Crippen LogP contribution < -0.4 is 15.5 Å². The topological polar surface area (TPSA) is 111 Å². The van der Waals surface area contributed by atoms with Crippen molar-refractivity contribution in [2.45, 2.75) is 19.0 Å². The number of hydrogen-bond donors (Lipinski definition) is 2. The highest BCUT2D eigenvalue weighted by Gasteiger charge is 2.36. The monoisotopic (exact) mass is 609 g/mol. The summed E-state index contributed by atoms with van der Waals surface area (Å²) in [6, 6.07) is 20.2. The van der Waals surface area contributed by atoms with Crippen LogP contribution in [0.1, 0.15) is 32.0 Å². The fourth-order valence-electron chi connectivity index (χ4n) is 5.42. The van der Waals surface area contributed by atoms with Gasteiger partial charge in [0.2, 0.25) is 5.91 Å². The maximum absolute atomic E-state index is 13.8. The lowest BCUT2D eigenvalue weighted by Gasteiger charge is -2.33. The highest BCUT2D eigenvalue weighted by molar-refractivity contribution is 6.31. The van der Waals surface area contributed by atoms with Crippen LogP contribution in [0.25, 0.3) is 0 Å². The second kappa shape index (κ2) is 12.8. The molecule has 4 aromatic rings. The lowest BCUT2D eigenvalue weighted by Crippen LogP contribution is -2.46. The van der Waals surface area contributed by atoms with Gasteiger partial charge in [-0.2, -0.15) is 0 Å². The Hall–Kier alpha value is -4.80. The van der Waals surface area contributed by atoms with Crippen LogP contribution in [0.2, 0.25) is 5.02 Å². The molecule has 2 aliphatic rings. The van der Waals surface area contributed by atoms with Gasteiger partial charge >= 0.3 is 0 Å². The fourth-order valence-corrected chi connectivity index (χ4v) is 5.59. The summed E-state index contributed by atoms with van der Waals surface area (Å²) in [7, 11) is 2.11. The van der Waals surface area contributed by atoms with Crippen LogP contribution in [-0.4, -0.2) is 76.8 Å². The molecule has 2 aromatic heterocycles. The Balaban J connectivity index is 1.17. The van der Waals surface area contributed by atoms with Crippen molar-refractivity contribution < 1.29 is 14.4 Å². The SMILES string of the molecule is CN1CCN(c2ccc(NC(=O)c3ccc(CN4C(=O)c5ccc(Cl)cc5NC(=O)[C@H]4Cc4ccccn4)cc3)nc2)CC1. The summed E-state index contributed by atoms with van der Waals surface area (Å²) in [4.78, 5) is 55.2. The molecule has 1 fully saturated rings. The van der Waals surface area contributed by atoms with Gasteiger partial charge in [-0.15, -0.1) is 0 Å². The first-order valence-corrected chi connectivity index (χ1v) is 14.8. The third-order valence-electron chi connectivity index (χ3n) is 7.97. The van der Waals surface area contributed by atoms with Gasteiger partial charge < -0.3 is 25.3 Å². The molecule has 2 N–H and O–H groups in total. The number of rotatable bonds is 7. The lowest BCUT2D eigenvalue weighted by atomic mass is 10.0. The number of benzene rings is 2. The van der Waals surface area contributed by atoms with E-state index >= 15 is 0 Å². The Morgan fingerprint density at radius 1 is 0.977 bits per heavy atom. The second-order valence-electron chi connectivity index (χ2n) is 11.0. The summed E-state index contributed by atoms with van der Waals surface area (Å²) in [6.07, 6.45) is 3.68. The van der Waals surface area contributed by atoms with Gasteiger partial charge in [-0.3, -0.25) is 19.4 Å². The van der Waals surface area contributed by atoms with Crippen molar-refractivity contribution in [2.24, 2.45) is 0 Å². The molecule has 2 aliphatic heterocycles. The zero-order valence-electron chi connectivity index (χ0n) is 24.2. The van der Waals surface area contributed by atoms with Crippen molar-refractivity contribution in [1.82, 2.24) is 19.8 Å². The first-order chi connectivity index (χ1) is 21.3. The number of carbonyl (C=O) groups is 3. The van der Waals surface area contributed by atoms with Crippen molar-refractivity contribution in [3.8, 4) is 0 Å². The molecule has 3 amide bonds. The summed E-state index contributed by atoms with van der Waals surface area (Å²) in [5.74, 6) is -0.453. The molecule has 0 aliphatic carbocycles. The first kappa shape index (κ1) is 29.3. The zero-order valence-corrected chi connectivity index (χ0v) is 25.0. The molecule has 4 heterocycles. The van der Waals surface area contributed by atoms with E-state index in [2.05, 4.69) is 37.4 Å². The number of amides is 3. The number of carbonyl (C=O) groups excluding carboxylic acids is 3. The molecule has 1 saturated heterocycles. The van der Waals surface area contributed by atoms with Gasteiger partial charge in [0.25, 0.3) is 11.8 Å². The van der Waals surface area contributed by atoms with Gasteiger partial charge in [-0.05, 0) is 67.2 Å². The molecule has 224 valence electrons. The fraction of sp³-hybridized carbons (Fsp3) is 0.242. The number of nitrogens with zero attached hydrogens (tertiary/aromatic N) is 5. The van der Waals surface area contributed by atoms with E-state index < -0.39 is 6.04 Å². The molecule has 2 aromatic carbocycles. The highest BCUT2D eigenvalue weighted by atomic mass is 35.5. The van der Waals surface area contributed by atoms with Gasteiger partial charge in [0, 0.05) is 61.6 Å². The predicted molar refractivity (Wildman–Crippen MR) is 170 cm³/mol. The molecule has 6 rings (SSSR count). The standard InChI is InChI=1S/C33H32ClN7O3/c1-39-14-16-40(17-15-39)26-10-12-30(36-20-26)38-31(42)23-7-5-22(6-8-23)21-41-29(19-25-4-2-3-13-35-25)32(43)37-28-18-24(34)9-11-27(28)33(41)44/h2-13,18,20,29H,14-17,19,21H2,1H3,(H,37,43)(H,36,38,42)/t29-/m1/s1. The number of pyridine rings is 2. The molecule has 0 unspecified atom stereocenters. The maximum Gasteiger partial charge on any atom is 0.256 e. The summed E-state index contributed by atoms with van der Waals surface area (Å²) in [5, 5.41) is 6.15. The molecule has 0 saturated carbocycles. The van der Waals surface area contributed by atoms with Gasteiger partial charge in [0.05, 0.1) is 23.1 Å². The number of aromatic nitrogens is 2. The van der Waals surface area contributed by atoms with E-state index in [0.29, 0.717) is 33.3 Å². The van der Waals surface area contributed by atoms with Crippen LogP contribution in [0.4, 0.5) is 17.2 Å². The number of halogens is 1. The number of anilines is 3. The van der Waals surface area contributed by atoms with Crippen LogP contribution in [0.3, 0.4) is 0 Å². The molecule has 0 radical (unpaired) electrons. The van der Waals surface area contributed by atoms with Crippen molar-refractivity contribution in [1.29, 1.82) is 0 Å². The van der Waals surface area contributed by atoms with Crippen molar-refractivity contribution in [2.75, 3.05) is 48.8 Å². The Morgan fingerprint density at radius 2 is 1.77 bits per heavy atom. The number of nitrogens with one attached hydrogen (secondary N) is 2. The van der Waals surface area contributed by atoms with Gasteiger partial charge in [-0.1, -0.05) is 29.8 Å². The summed E-state index contributed by atoms with van der Waals surface area (Å²) in [5.41, 5.74) is 3.66. The molecule has 10 nitrogen and oxygen atoms in total. The Morgan fingerprint density at radius 3 is 2.48 bits per heavy atom. The molecule has 0 bridgehead atoms. The van der Waals surface area contributed by atoms with Crippen LogP contribution in [0.5, 0.6) is 0 Å². The summed E-state index contributed by atoms with van der Waals surface area (Å²) in [6.45, 7) is 4.04. The van der Waals surface area contributed by atoms with E-state index in [1.807, 2.05) is 24.3 Å². The predicted octanol–water partition coefficient (Wildman–Crippen LogP) is 4.34. The number of likely N-dealkylation sites (N-methyl/N-ethyl adjacent to an activating group) is 1. The van der Waals surface area contributed by atoms with Crippen molar-refractivity contribution >= 4 is 46.5 Å². The van der Waals surface area contributed by atoms with E-state index in [-0.39, 0.29) is 30.7 Å². The lowest BCUT2D eigenvalue weighted by molar-refractivity contribution is -0.120. The number of hydrogen-bond acceptors (Lipinski definition) is 7. The molecule has 1 atom stereocenters. The number of piperazine rings is 1. The molecule has 11 heteroatoms. The number of fused-ring (bicyclic) bond motifs is 1. The van der Waals surface area contributed by atoms with E-state index in [4.69, 9.17) is 11.6 Å².